The Kier molecular flexibility index (Phi) is 21.2. The van der Waals surface area contributed by atoms with Crippen molar-refractivity contribution in [2.24, 2.45) is 0 Å². The summed E-state index contributed by atoms with van der Waals surface area (Å²) in [6.45, 7) is 8.07. The van der Waals surface area contributed by atoms with Gasteiger partial charge >= 0.3 is 5.97 Å². The van der Waals surface area contributed by atoms with Gasteiger partial charge in [0.05, 0.1) is 37.6 Å². The van der Waals surface area contributed by atoms with E-state index in [4.69, 9.17) is 42.6 Å². The number of carbonyl (C=O) groups excluding carboxylic acids is 1. The molecule has 4 aliphatic rings. The number of ether oxygens (including phenoxy) is 9. The van der Waals surface area contributed by atoms with Gasteiger partial charge in [0.2, 0.25) is 0 Å². The minimum Gasteiger partial charge on any atom is -0.469 e. The third-order valence-electron chi connectivity index (χ3n) is 12.1. The van der Waals surface area contributed by atoms with E-state index in [1.165, 1.54) is 27.9 Å². The molecular weight excluding hydrogens is 796 g/mol. The molecular formula is C41H74O19. The Morgan fingerprint density at radius 1 is 0.467 bits per heavy atom. The molecule has 0 amide bonds. The first kappa shape index (κ1) is 51.4. The largest absolute Gasteiger partial charge is 0.469 e. The van der Waals surface area contributed by atoms with Gasteiger partial charge in [0.1, 0.15) is 73.2 Å². The number of hydrogen-bond donors (Lipinski definition) is 9. The van der Waals surface area contributed by atoms with Crippen LogP contribution in [0.2, 0.25) is 0 Å². The van der Waals surface area contributed by atoms with Crippen molar-refractivity contribution in [3.63, 3.8) is 0 Å². The molecule has 60 heavy (non-hydrogen) atoms. The highest BCUT2D eigenvalue weighted by molar-refractivity contribution is 5.68. The Morgan fingerprint density at radius 3 is 1.42 bits per heavy atom. The van der Waals surface area contributed by atoms with Crippen LogP contribution in [0, 0.1) is 0 Å². The van der Waals surface area contributed by atoms with E-state index in [-0.39, 0.29) is 12.1 Å². The van der Waals surface area contributed by atoms with Gasteiger partial charge < -0.3 is 88.6 Å². The van der Waals surface area contributed by atoms with Crippen LogP contribution >= 0.6 is 0 Å². The summed E-state index contributed by atoms with van der Waals surface area (Å²) in [6.07, 6.45) is -18.3. The Hall–Kier alpha value is -1.21. The Labute approximate surface area is 353 Å². The maximum absolute atomic E-state index is 11.6. The predicted octanol–water partition coefficient (Wildman–Crippen LogP) is 0.0187. The third-order valence-corrected chi connectivity index (χ3v) is 12.1. The molecule has 0 aliphatic carbocycles. The highest BCUT2D eigenvalue weighted by Gasteiger charge is 2.55. The van der Waals surface area contributed by atoms with Gasteiger partial charge in [0, 0.05) is 6.42 Å². The summed E-state index contributed by atoms with van der Waals surface area (Å²) in [4.78, 5) is 11.4. The molecule has 0 bridgehead atoms. The lowest BCUT2D eigenvalue weighted by atomic mass is 9.96. The zero-order valence-corrected chi connectivity index (χ0v) is 35.9. The zero-order valence-electron chi connectivity index (χ0n) is 35.9. The van der Waals surface area contributed by atoms with Crippen molar-refractivity contribution in [1.82, 2.24) is 0 Å². The van der Waals surface area contributed by atoms with Crippen LogP contribution in [0.4, 0.5) is 0 Å². The van der Waals surface area contributed by atoms with E-state index in [1.807, 2.05) is 0 Å². The van der Waals surface area contributed by atoms with Gasteiger partial charge in [0.15, 0.2) is 25.2 Å². The first-order chi connectivity index (χ1) is 28.5. The van der Waals surface area contributed by atoms with Crippen molar-refractivity contribution in [1.29, 1.82) is 0 Å². The molecule has 4 fully saturated rings. The molecule has 0 radical (unpaired) electrons. The first-order valence-corrected chi connectivity index (χ1v) is 21.9. The van der Waals surface area contributed by atoms with Crippen LogP contribution in [0.15, 0.2) is 0 Å². The van der Waals surface area contributed by atoms with Crippen molar-refractivity contribution in [2.75, 3.05) is 7.11 Å². The van der Waals surface area contributed by atoms with E-state index in [0.29, 0.717) is 19.3 Å². The summed E-state index contributed by atoms with van der Waals surface area (Å²) < 4.78 is 53.7. The number of methoxy groups -OCH3 is 1. The number of carbonyl (C=O) groups is 1. The number of rotatable bonds is 22. The van der Waals surface area contributed by atoms with Crippen molar-refractivity contribution in [3.8, 4) is 0 Å². The SMILES string of the molecule is CCCCC[C@@H](CCCCCCCCCC(=O)OC)O[C@@H]1O[C@H](C)[C@@H](O)[C@H](O)[C@H]1O[C@@H]1O[C@H](C)[C@@H](O)[C@H](O[C@@H]2O[C@H](C)[C@@H](O)[C@H](O)[C@H]2O)[C@H]1O[C@@H]1O[C@@H](C)[C@H](O)[C@@H](O)[C@H]1O. The molecule has 352 valence electrons. The number of aliphatic hydroxyl groups excluding tert-OH is 9. The van der Waals surface area contributed by atoms with Gasteiger partial charge in [-0.25, -0.2) is 0 Å². The van der Waals surface area contributed by atoms with Crippen LogP contribution < -0.4 is 0 Å². The van der Waals surface area contributed by atoms with Crippen LogP contribution in [-0.4, -0.2) is 188 Å². The van der Waals surface area contributed by atoms with Crippen LogP contribution in [0.1, 0.15) is 118 Å². The van der Waals surface area contributed by atoms with Crippen LogP contribution in [0.3, 0.4) is 0 Å². The molecule has 21 atom stereocenters. The first-order valence-electron chi connectivity index (χ1n) is 21.9. The maximum atomic E-state index is 11.6. The second kappa shape index (κ2) is 24.7. The lowest BCUT2D eigenvalue weighted by Crippen LogP contribution is -2.67. The fraction of sp³-hybridized carbons (Fsp3) is 0.976. The summed E-state index contributed by atoms with van der Waals surface area (Å²) in [7, 11) is 1.39. The molecule has 0 aromatic heterocycles. The van der Waals surface area contributed by atoms with E-state index in [2.05, 4.69) is 6.92 Å². The fourth-order valence-electron chi connectivity index (χ4n) is 8.09. The third kappa shape index (κ3) is 13.7. The molecule has 4 heterocycles. The second-order valence-electron chi connectivity index (χ2n) is 16.9. The van der Waals surface area contributed by atoms with Crippen molar-refractivity contribution >= 4 is 5.97 Å². The highest BCUT2D eigenvalue weighted by Crippen LogP contribution is 2.36. The maximum Gasteiger partial charge on any atom is 0.305 e. The quantitative estimate of drug-likeness (QED) is 0.0512. The number of esters is 1. The number of hydrogen-bond acceptors (Lipinski definition) is 19. The molecule has 4 rings (SSSR count). The lowest BCUT2D eigenvalue weighted by Gasteiger charge is -2.50. The van der Waals surface area contributed by atoms with Crippen LogP contribution in [0.25, 0.3) is 0 Å². The minimum absolute atomic E-state index is 0.198. The molecule has 0 unspecified atom stereocenters. The van der Waals surface area contributed by atoms with E-state index in [1.54, 1.807) is 6.92 Å². The van der Waals surface area contributed by atoms with Crippen molar-refractivity contribution in [3.05, 3.63) is 0 Å². The van der Waals surface area contributed by atoms with E-state index in [9.17, 15) is 50.8 Å². The van der Waals surface area contributed by atoms with Crippen molar-refractivity contribution < 1.29 is 93.4 Å². The normalized spacial score (nSPS) is 43.1. The smallest absolute Gasteiger partial charge is 0.305 e. The second-order valence-corrected chi connectivity index (χ2v) is 16.9. The van der Waals surface area contributed by atoms with E-state index < -0.39 is 123 Å². The summed E-state index contributed by atoms with van der Waals surface area (Å²) in [5, 5.41) is 97.7. The van der Waals surface area contributed by atoms with Gasteiger partial charge in [0.25, 0.3) is 0 Å². The molecule has 4 saturated heterocycles. The molecule has 0 spiro atoms. The number of aliphatic hydroxyl groups is 9. The summed E-state index contributed by atoms with van der Waals surface area (Å²) >= 11 is 0. The van der Waals surface area contributed by atoms with E-state index >= 15 is 0 Å². The molecule has 0 aromatic carbocycles. The van der Waals surface area contributed by atoms with Crippen LogP contribution in [0.5, 0.6) is 0 Å². The van der Waals surface area contributed by atoms with Gasteiger partial charge in [-0.2, -0.15) is 0 Å². The average molecular weight is 871 g/mol. The van der Waals surface area contributed by atoms with Gasteiger partial charge in [-0.05, 0) is 47.0 Å². The summed E-state index contributed by atoms with van der Waals surface area (Å²) in [5.41, 5.74) is 0. The van der Waals surface area contributed by atoms with Gasteiger partial charge in [-0.1, -0.05) is 64.7 Å². The topological polar surface area (TPSA) is 282 Å². The predicted molar refractivity (Wildman–Crippen MR) is 209 cm³/mol. The molecule has 0 aromatic rings. The van der Waals surface area contributed by atoms with Gasteiger partial charge in [-0.15, -0.1) is 0 Å². The lowest BCUT2D eigenvalue weighted by molar-refractivity contribution is -0.406. The molecule has 9 N–H and O–H groups in total. The molecule has 0 saturated carbocycles. The molecule has 19 heteroatoms. The molecule has 4 aliphatic heterocycles. The Morgan fingerprint density at radius 2 is 0.883 bits per heavy atom. The van der Waals surface area contributed by atoms with Crippen LogP contribution in [-0.2, 0) is 47.4 Å². The fourth-order valence-corrected chi connectivity index (χ4v) is 8.09. The Bertz CT molecular complexity index is 1230. The zero-order chi connectivity index (χ0) is 44.3. The van der Waals surface area contributed by atoms with E-state index in [0.717, 1.165) is 64.2 Å². The summed E-state index contributed by atoms with van der Waals surface area (Å²) in [5.74, 6) is -0.198. The van der Waals surface area contributed by atoms with Crippen molar-refractivity contribution in [2.45, 2.75) is 247 Å². The highest BCUT2D eigenvalue weighted by atomic mass is 16.8. The summed E-state index contributed by atoms with van der Waals surface area (Å²) in [6, 6.07) is 0. The molecule has 19 nitrogen and oxygen atoms in total. The standard InChI is InChI=1S/C41H74O19/c1-7-8-14-17-24(18-15-12-10-9-11-13-16-19-25(42)52-6)57-40-36(32(49)28(45)22(4)55-40)59-41-37(60-39-34(51)31(48)27(44)21(3)54-39)35(29(46)23(5)56-41)58-38-33(50)30(47)26(43)20(2)53-38/h20-24,26-41,43-51H,7-19H2,1-6H3/t20-,21+,22-,23-,24+,26-,27+,28-,29-,30+,31-,32+,33-,34-,35+,36-,37-,38+,39+,40+,41+/m1/s1. The minimum atomic E-state index is -1.82. The van der Waals surface area contributed by atoms with Gasteiger partial charge in [-0.3, -0.25) is 4.79 Å². The average Bonchev–Trinajstić information content (AvgIpc) is 3.22. The number of unbranched alkanes of at least 4 members (excludes halogenated alkanes) is 8. The monoisotopic (exact) mass is 870 g/mol. The Balaban J connectivity index is 1.55.